The second-order valence-corrected chi connectivity index (χ2v) is 5.81. The molecular weight excluding hydrogens is 288 g/mol. The zero-order chi connectivity index (χ0) is 15.2. The van der Waals surface area contributed by atoms with E-state index in [-0.39, 0.29) is 6.61 Å². The highest BCUT2D eigenvalue weighted by Gasteiger charge is 2.20. The van der Waals surface area contributed by atoms with Gasteiger partial charge in [0.05, 0.1) is 12.3 Å². The van der Waals surface area contributed by atoms with Gasteiger partial charge < -0.3 is 14.8 Å². The number of thioether (sulfide) groups is 1. The largest absolute Gasteiger partial charge is 0.480 e. The molecule has 6 heteroatoms. The monoisotopic (exact) mass is 306 g/mol. The maximum absolute atomic E-state index is 11.2. The van der Waals surface area contributed by atoms with Crippen LogP contribution in [0.2, 0.25) is 0 Å². The van der Waals surface area contributed by atoms with Crippen molar-refractivity contribution in [2.24, 2.45) is 0 Å². The standard InChI is InChI=1S/C15H18N2O3S/c1-2-13(14(19)20)21-15-16-12(10-18)9-17(15)8-11-6-4-3-5-7-11/h3-7,9,13,18H,2,8,10H2,1H3,(H,19,20)/t13-/m0/s1. The number of aliphatic hydroxyl groups excluding tert-OH is 1. The molecule has 0 bridgehead atoms. The van der Waals surface area contributed by atoms with Crippen LogP contribution in [0.4, 0.5) is 0 Å². The van der Waals surface area contributed by atoms with Crippen LogP contribution in [-0.2, 0) is 17.9 Å². The molecule has 1 atom stereocenters. The molecule has 0 aliphatic rings. The third-order valence-corrected chi connectivity index (χ3v) is 4.40. The lowest BCUT2D eigenvalue weighted by Gasteiger charge is -2.11. The third kappa shape index (κ3) is 4.09. The number of benzene rings is 1. The normalized spacial score (nSPS) is 12.3. The van der Waals surface area contributed by atoms with Crippen LogP contribution in [0.5, 0.6) is 0 Å². The van der Waals surface area contributed by atoms with Crippen molar-refractivity contribution in [3.8, 4) is 0 Å². The van der Waals surface area contributed by atoms with Crippen LogP contribution in [0, 0.1) is 0 Å². The first-order valence-corrected chi connectivity index (χ1v) is 7.62. The fraction of sp³-hybridized carbons (Fsp3) is 0.333. The van der Waals surface area contributed by atoms with Gasteiger partial charge in [0.2, 0.25) is 0 Å². The Labute approximate surface area is 127 Å². The average Bonchev–Trinajstić information content (AvgIpc) is 2.87. The molecule has 2 N–H and O–H groups in total. The molecule has 1 aromatic carbocycles. The van der Waals surface area contributed by atoms with Crippen molar-refractivity contribution in [1.29, 1.82) is 0 Å². The van der Waals surface area contributed by atoms with Gasteiger partial charge in [-0.3, -0.25) is 4.79 Å². The number of rotatable bonds is 7. The predicted octanol–water partition coefficient (Wildman–Crippen LogP) is 2.38. The first-order valence-electron chi connectivity index (χ1n) is 6.74. The first-order chi connectivity index (χ1) is 10.1. The Hall–Kier alpha value is -1.79. The van der Waals surface area contributed by atoms with Crippen molar-refractivity contribution < 1.29 is 15.0 Å². The van der Waals surface area contributed by atoms with Gasteiger partial charge in [-0.1, -0.05) is 49.0 Å². The molecule has 0 unspecified atom stereocenters. The molecule has 1 heterocycles. The van der Waals surface area contributed by atoms with Gasteiger partial charge in [-0.15, -0.1) is 0 Å². The molecule has 0 aliphatic carbocycles. The smallest absolute Gasteiger partial charge is 0.317 e. The molecule has 112 valence electrons. The second-order valence-electron chi connectivity index (χ2n) is 4.64. The Morgan fingerprint density at radius 3 is 2.67 bits per heavy atom. The molecule has 0 saturated heterocycles. The van der Waals surface area contributed by atoms with Crippen molar-refractivity contribution in [2.45, 2.75) is 36.9 Å². The van der Waals surface area contributed by atoms with E-state index in [1.165, 1.54) is 11.8 Å². The highest BCUT2D eigenvalue weighted by atomic mass is 32.2. The third-order valence-electron chi connectivity index (χ3n) is 3.04. The van der Waals surface area contributed by atoms with Crippen molar-refractivity contribution in [1.82, 2.24) is 9.55 Å². The summed E-state index contributed by atoms with van der Waals surface area (Å²) in [6, 6.07) is 9.86. The van der Waals surface area contributed by atoms with E-state index in [9.17, 15) is 15.0 Å². The molecule has 5 nitrogen and oxygen atoms in total. The summed E-state index contributed by atoms with van der Waals surface area (Å²) in [6.45, 7) is 2.29. The van der Waals surface area contributed by atoms with E-state index in [0.717, 1.165) is 5.56 Å². The van der Waals surface area contributed by atoms with Gasteiger partial charge >= 0.3 is 5.97 Å². The molecule has 0 radical (unpaired) electrons. The molecular formula is C15H18N2O3S. The number of imidazole rings is 1. The lowest BCUT2D eigenvalue weighted by atomic mass is 10.2. The highest BCUT2D eigenvalue weighted by Crippen LogP contribution is 2.26. The fourth-order valence-corrected chi connectivity index (χ4v) is 2.89. The number of carboxylic acids is 1. The van der Waals surface area contributed by atoms with Crippen LogP contribution >= 0.6 is 11.8 Å². The summed E-state index contributed by atoms with van der Waals surface area (Å²) in [5, 5.41) is 18.5. The predicted molar refractivity (Wildman–Crippen MR) is 81.3 cm³/mol. The van der Waals surface area contributed by atoms with Crippen LogP contribution in [0.25, 0.3) is 0 Å². The summed E-state index contributed by atoms with van der Waals surface area (Å²) in [6.07, 6.45) is 2.29. The maximum atomic E-state index is 11.2. The van der Waals surface area contributed by atoms with Gasteiger partial charge in [0.15, 0.2) is 5.16 Å². The topological polar surface area (TPSA) is 75.4 Å². The fourth-order valence-electron chi connectivity index (χ4n) is 1.95. The first kappa shape index (κ1) is 15.6. The Morgan fingerprint density at radius 2 is 2.10 bits per heavy atom. The lowest BCUT2D eigenvalue weighted by Crippen LogP contribution is -2.16. The molecule has 2 aromatic rings. The molecule has 21 heavy (non-hydrogen) atoms. The number of carbonyl (C=O) groups is 1. The van der Waals surface area contributed by atoms with Crippen molar-refractivity contribution >= 4 is 17.7 Å². The summed E-state index contributed by atoms with van der Waals surface area (Å²) in [5.74, 6) is -0.845. The Bertz CT molecular complexity index is 598. The maximum Gasteiger partial charge on any atom is 0.317 e. The highest BCUT2D eigenvalue weighted by molar-refractivity contribution is 8.00. The van der Waals surface area contributed by atoms with Crippen molar-refractivity contribution in [3.63, 3.8) is 0 Å². The number of hydrogen-bond donors (Lipinski definition) is 2. The van der Waals surface area contributed by atoms with Gasteiger partial charge in [-0.25, -0.2) is 4.98 Å². The molecule has 0 spiro atoms. The quantitative estimate of drug-likeness (QED) is 0.768. The minimum absolute atomic E-state index is 0.154. The summed E-state index contributed by atoms with van der Waals surface area (Å²) < 4.78 is 1.89. The summed E-state index contributed by atoms with van der Waals surface area (Å²) in [5.41, 5.74) is 1.65. The van der Waals surface area contributed by atoms with Crippen molar-refractivity contribution in [2.75, 3.05) is 0 Å². The summed E-state index contributed by atoms with van der Waals surface area (Å²) in [4.78, 5) is 15.5. The van der Waals surface area contributed by atoms with E-state index >= 15 is 0 Å². The SMILES string of the molecule is CC[C@H](Sc1nc(CO)cn1Cc1ccccc1)C(=O)O. The molecule has 0 fully saturated rings. The molecule has 0 saturated carbocycles. The van der Waals surface area contributed by atoms with Crippen LogP contribution in [0.1, 0.15) is 24.6 Å². The number of carboxylic acid groups (broad SMARTS) is 1. The van der Waals surface area contributed by atoms with Crippen LogP contribution in [0.15, 0.2) is 41.7 Å². The molecule has 0 aliphatic heterocycles. The van der Waals surface area contributed by atoms with Gasteiger partial charge in [-0.2, -0.15) is 0 Å². The van der Waals surface area contributed by atoms with E-state index in [4.69, 9.17) is 0 Å². The summed E-state index contributed by atoms with van der Waals surface area (Å²) in [7, 11) is 0. The molecule has 2 rings (SSSR count). The van der Waals surface area contributed by atoms with E-state index in [1.807, 2.05) is 41.8 Å². The van der Waals surface area contributed by atoms with E-state index < -0.39 is 11.2 Å². The van der Waals surface area contributed by atoms with Gasteiger partial charge in [0, 0.05) is 12.7 Å². The zero-order valence-electron chi connectivity index (χ0n) is 11.8. The van der Waals surface area contributed by atoms with E-state index in [1.54, 1.807) is 6.20 Å². The van der Waals surface area contributed by atoms with Gasteiger partial charge in [0.1, 0.15) is 5.25 Å². The van der Waals surface area contributed by atoms with Crippen molar-refractivity contribution in [3.05, 3.63) is 47.8 Å². The van der Waals surface area contributed by atoms with E-state index in [2.05, 4.69) is 4.98 Å². The van der Waals surface area contributed by atoms with Gasteiger partial charge in [-0.05, 0) is 12.0 Å². The Kier molecular flexibility index (Phi) is 5.41. The second kappa shape index (κ2) is 7.28. The average molecular weight is 306 g/mol. The zero-order valence-corrected chi connectivity index (χ0v) is 12.6. The number of nitrogens with zero attached hydrogens (tertiary/aromatic N) is 2. The van der Waals surface area contributed by atoms with E-state index in [0.29, 0.717) is 23.8 Å². The van der Waals surface area contributed by atoms with Crippen LogP contribution in [0.3, 0.4) is 0 Å². The summed E-state index contributed by atoms with van der Waals surface area (Å²) >= 11 is 1.22. The minimum Gasteiger partial charge on any atom is -0.480 e. The Morgan fingerprint density at radius 1 is 1.38 bits per heavy atom. The Balaban J connectivity index is 2.23. The number of aliphatic carboxylic acids is 1. The lowest BCUT2D eigenvalue weighted by molar-refractivity contribution is -0.136. The minimum atomic E-state index is -0.845. The number of aromatic nitrogens is 2. The van der Waals surface area contributed by atoms with Crippen LogP contribution in [-0.4, -0.2) is 31.0 Å². The molecule has 0 amide bonds. The van der Waals surface area contributed by atoms with Gasteiger partial charge in [0.25, 0.3) is 0 Å². The number of aliphatic hydroxyl groups is 1. The number of hydrogen-bond acceptors (Lipinski definition) is 4. The molecule has 1 aromatic heterocycles. The van der Waals surface area contributed by atoms with Crippen LogP contribution < -0.4 is 0 Å².